The van der Waals surface area contributed by atoms with Gasteiger partial charge >= 0.3 is 5.97 Å². The number of rotatable bonds is 6. The van der Waals surface area contributed by atoms with Crippen molar-refractivity contribution in [3.8, 4) is 0 Å². The van der Waals surface area contributed by atoms with Crippen molar-refractivity contribution in [3.63, 3.8) is 0 Å². The lowest BCUT2D eigenvalue weighted by atomic mass is 9.61. The van der Waals surface area contributed by atoms with Gasteiger partial charge in [-0.1, -0.05) is 13.8 Å². The number of esters is 1. The van der Waals surface area contributed by atoms with E-state index in [1.807, 2.05) is 6.92 Å². The first-order valence-corrected chi connectivity index (χ1v) is 12.0. The standard InChI is InChI=1S/C24H43NO4/c1-7-20-18-13-21(27-5)22(28-6)14-19(18)23(24(26)29-8-2)16(4)25(20)17-11-9-15(3)10-12-17/h15-23H,7-14H2,1-6H3. The molecule has 168 valence electrons. The van der Waals surface area contributed by atoms with Gasteiger partial charge in [0.15, 0.2) is 0 Å². The van der Waals surface area contributed by atoms with Gasteiger partial charge in [-0.3, -0.25) is 9.69 Å². The second-order valence-electron chi connectivity index (χ2n) is 9.70. The molecule has 0 aromatic heterocycles. The van der Waals surface area contributed by atoms with Crippen LogP contribution in [0.3, 0.4) is 0 Å². The van der Waals surface area contributed by atoms with Gasteiger partial charge in [-0.2, -0.15) is 0 Å². The molecule has 0 N–H and O–H groups in total. The fourth-order valence-corrected chi connectivity index (χ4v) is 6.88. The lowest BCUT2D eigenvalue weighted by Crippen LogP contribution is -2.65. The van der Waals surface area contributed by atoms with Crippen LogP contribution >= 0.6 is 0 Å². The smallest absolute Gasteiger partial charge is 0.310 e. The first-order chi connectivity index (χ1) is 14.0. The minimum absolute atomic E-state index is 0.00977. The molecule has 1 aliphatic heterocycles. The summed E-state index contributed by atoms with van der Waals surface area (Å²) in [5.41, 5.74) is 0. The molecule has 3 rings (SSSR count). The minimum atomic E-state index is -0.0717. The van der Waals surface area contributed by atoms with E-state index in [2.05, 4.69) is 25.7 Å². The largest absolute Gasteiger partial charge is 0.466 e. The second kappa shape index (κ2) is 10.1. The zero-order chi connectivity index (χ0) is 21.1. The maximum atomic E-state index is 13.2. The summed E-state index contributed by atoms with van der Waals surface area (Å²) in [6.07, 6.45) is 8.27. The quantitative estimate of drug-likeness (QED) is 0.613. The lowest BCUT2D eigenvalue weighted by Gasteiger charge is -2.58. The van der Waals surface area contributed by atoms with Crippen molar-refractivity contribution >= 4 is 5.97 Å². The number of carbonyl (C=O) groups is 1. The van der Waals surface area contributed by atoms with Crippen molar-refractivity contribution in [2.24, 2.45) is 23.7 Å². The molecule has 0 aromatic carbocycles. The molecule has 1 heterocycles. The Bertz CT molecular complexity index is 533. The highest BCUT2D eigenvalue weighted by Crippen LogP contribution is 2.49. The number of ether oxygens (including phenoxy) is 3. The van der Waals surface area contributed by atoms with Crippen LogP contribution in [0.2, 0.25) is 0 Å². The Hall–Kier alpha value is -0.650. The van der Waals surface area contributed by atoms with Crippen molar-refractivity contribution < 1.29 is 19.0 Å². The van der Waals surface area contributed by atoms with E-state index in [4.69, 9.17) is 14.2 Å². The van der Waals surface area contributed by atoms with Crippen molar-refractivity contribution in [1.82, 2.24) is 4.90 Å². The molecular weight excluding hydrogens is 366 g/mol. The number of piperidine rings is 1. The molecule has 29 heavy (non-hydrogen) atoms. The van der Waals surface area contributed by atoms with Gasteiger partial charge in [0.05, 0.1) is 24.7 Å². The third-order valence-electron chi connectivity index (χ3n) is 8.29. The SMILES string of the molecule is CCOC(=O)C1C2CC(OC)C(OC)CC2C(CC)N(C2CCC(C)CC2)C1C. The minimum Gasteiger partial charge on any atom is -0.466 e. The predicted molar refractivity (Wildman–Crippen MR) is 115 cm³/mol. The summed E-state index contributed by atoms with van der Waals surface area (Å²) < 4.78 is 17.2. The van der Waals surface area contributed by atoms with E-state index in [0.717, 1.165) is 25.2 Å². The molecule has 1 saturated heterocycles. The number of carbonyl (C=O) groups excluding carboxylic acids is 1. The summed E-state index contributed by atoms with van der Waals surface area (Å²) in [6.45, 7) is 9.34. The number of fused-ring (bicyclic) bond motifs is 1. The Kier molecular flexibility index (Phi) is 8.02. The van der Waals surface area contributed by atoms with Gasteiger partial charge in [0.2, 0.25) is 0 Å². The van der Waals surface area contributed by atoms with Crippen LogP contribution in [0.15, 0.2) is 0 Å². The van der Waals surface area contributed by atoms with E-state index >= 15 is 0 Å². The van der Waals surface area contributed by atoms with E-state index in [9.17, 15) is 4.79 Å². The highest BCUT2D eigenvalue weighted by atomic mass is 16.5. The normalized spacial score (nSPS) is 43.6. The van der Waals surface area contributed by atoms with Crippen molar-refractivity contribution in [2.45, 2.75) is 103 Å². The molecular formula is C24H43NO4. The summed E-state index contributed by atoms with van der Waals surface area (Å²) in [5, 5.41) is 0. The zero-order valence-corrected chi connectivity index (χ0v) is 19.4. The third-order valence-corrected chi connectivity index (χ3v) is 8.29. The van der Waals surface area contributed by atoms with Crippen LogP contribution in [0.5, 0.6) is 0 Å². The zero-order valence-electron chi connectivity index (χ0n) is 19.4. The molecule has 3 fully saturated rings. The van der Waals surface area contributed by atoms with Gasteiger partial charge < -0.3 is 14.2 Å². The van der Waals surface area contributed by atoms with Gasteiger partial charge in [-0.05, 0) is 76.5 Å². The van der Waals surface area contributed by atoms with E-state index in [1.165, 1.54) is 25.7 Å². The van der Waals surface area contributed by atoms with Gasteiger partial charge in [0.1, 0.15) is 0 Å². The Balaban J connectivity index is 1.93. The Labute approximate surface area is 177 Å². The Morgan fingerprint density at radius 1 is 0.931 bits per heavy atom. The molecule has 0 spiro atoms. The van der Waals surface area contributed by atoms with Gasteiger partial charge in [-0.25, -0.2) is 0 Å². The predicted octanol–water partition coefficient (Wildman–Crippen LogP) is 4.28. The fraction of sp³-hybridized carbons (Fsp3) is 0.958. The van der Waals surface area contributed by atoms with Crippen LogP contribution in [-0.2, 0) is 19.0 Å². The molecule has 5 nitrogen and oxygen atoms in total. The summed E-state index contributed by atoms with van der Waals surface area (Å²) in [5.74, 6) is 1.52. The van der Waals surface area contributed by atoms with Crippen LogP contribution in [0, 0.1) is 23.7 Å². The van der Waals surface area contributed by atoms with Crippen molar-refractivity contribution in [3.05, 3.63) is 0 Å². The van der Waals surface area contributed by atoms with Crippen LogP contribution < -0.4 is 0 Å². The van der Waals surface area contributed by atoms with E-state index in [-0.39, 0.29) is 30.1 Å². The Morgan fingerprint density at radius 2 is 1.52 bits per heavy atom. The number of likely N-dealkylation sites (tertiary alicyclic amines) is 1. The van der Waals surface area contributed by atoms with E-state index < -0.39 is 0 Å². The van der Waals surface area contributed by atoms with E-state index in [0.29, 0.717) is 30.5 Å². The Morgan fingerprint density at radius 3 is 2.03 bits per heavy atom. The van der Waals surface area contributed by atoms with E-state index in [1.54, 1.807) is 14.2 Å². The van der Waals surface area contributed by atoms with Crippen LogP contribution in [-0.4, -0.2) is 62.0 Å². The van der Waals surface area contributed by atoms with Crippen LogP contribution in [0.4, 0.5) is 0 Å². The number of hydrogen-bond acceptors (Lipinski definition) is 5. The number of hydrogen-bond donors (Lipinski definition) is 0. The van der Waals surface area contributed by atoms with Crippen LogP contribution in [0.25, 0.3) is 0 Å². The summed E-state index contributed by atoms with van der Waals surface area (Å²) >= 11 is 0. The highest BCUT2D eigenvalue weighted by Gasteiger charge is 2.55. The van der Waals surface area contributed by atoms with Crippen LogP contribution in [0.1, 0.15) is 72.6 Å². The summed E-state index contributed by atoms with van der Waals surface area (Å²) in [4.78, 5) is 15.9. The summed E-state index contributed by atoms with van der Waals surface area (Å²) in [6, 6.07) is 1.31. The summed E-state index contributed by atoms with van der Waals surface area (Å²) in [7, 11) is 3.57. The van der Waals surface area contributed by atoms with Crippen molar-refractivity contribution in [1.29, 1.82) is 0 Å². The molecule has 0 bridgehead atoms. The second-order valence-corrected chi connectivity index (χ2v) is 9.70. The monoisotopic (exact) mass is 409 g/mol. The molecule has 2 saturated carbocycles. The van der Waals surface area contributed by atoms with Gasteiger partial charge in [0.25, 0.3) is 0 Å². The first kappa shape index (κ1) is 23.0. The average Bonchev–Trinajstić information content (AvgIpc) is 2.72. The molecule has 0 radical (unpaired) electrons. The van der Waals surface area contributed by atoms with Gasteiger partial charge in [-0.15, -0.1) is 0 Å². The van der Waals surface area contributed by atoms with Gasteiger partial charge in [0, 0.05) is 32.3 Å². The third kappa shape index (κ3) is 4.52. The first-order valence-electron chi connectivity index (χ1n) is 12.0. The highest BCUT2D eigenvalue weighted by molar-refractivity contribution is 5.74. The average molecular weight is 410 g/mol. The van der Waals surface area contributed by atoms with Crippen molar-refractivity contribution in [2.75, 3.05) is 20.8 Å². The fourth-order valence-electron chi connectivity index (χ4n) is 6.88. The topological polar surface area (TPSA) is 48.0 Å². The lowest BCUT2D eigenvalue weighted by molar-refractivity contribution is -0.179. The molecule has 5 heteroatoms. The molecule has 2 aliphatic carbocycles. The maximum absolute atomic E-state index is 13.2. The molecule has 0 amide bonds. The molecule has 7 unspecified atom stereocenters. The molecule has 7 atom stereocenters. The number of methoxy groups -OCH3 is 2. The number of nitrogens with zero attached hydrogens (tertiary/aromatic N) is 1. The molecule has 0 aromatic rings. The molecule has 3 aliphatic rings. The maximum Gasteiger partial charge on any atom is 0.310 e.